The van der Waals surface area contributed by atoms with Gasteiger partial charge >= 0.3 is 0 Å². The molecule has 2 rings (SSSR count). The van der Waals surface area contributed by atoms with Crippen LogP contribution in [0.2, 0.25) is 0 Å². The van der Waals surface area contributed by atoms with Crippen molar-refractivity contribution in [3.8, 4) is 0 Å². The zero-order chi connectivity index (χ0) is 10.7. The Hall–Kier alpha value is -0.930. The van der Waals surface area contributed by atoms with E-state index in [1.807, 2.05) is 6.20 Å². The molecule has 78 valence electrons. The van der Waals surface area contributed by atoms with Crippen molar-refractivity contribution in [3.63, 3.8) is 0 Å². The molecule has 15 heavy (non-hydrogen) atoms. The van der Waals surface area contributed by atoms with Crippen molar-refractivity contribution in [1.82, 2.24) is 0 Å². The van der Waals surface area contributed by atoms with Crippen molar-refractivity contribution in [2.45, 2.75) is 4.90 Å². The van der Waals surface area contributed by atoms with Crippen molar-refractivity contribution in [2.24, 2.45) is 4.99 Å². The second-order valence-corrected chi connectivity index (χ2v) is 4.38. The molecular weight excluding hydrogens is 228 g/mol. The smallest absolute Gasteiger partial charge is 0.127 e. The molecule has 4 heteroatoms. The third-order valence-corrected chi connectivity index (χ3v) is 3.12. The van der Waals surface area contributed by atoms with Gasteiger partial charge in [0, 0.05) is 16.8 Å². The zero-order valence-corrected chi connectivity index (χ0v) is 9.92. The highest BCUT2D eigenvalue weighted by molar-refractivity contribution is 7.98. The molecule has 0 fully saturated rings. The number of halogens is 1. The van der Waals surface area contributed by atoms with E-state index in [0.29, 0.717) is 11.8 Å². The molecule has 1 aromatic carbocycles. The highest BCUT2D eigenvalue weighted by Gasteiger charge is 2.06. The van der Waals surface area contributed by atoms with E-state index in [9.17, 15) is 0 Å². The molecule has 0 spiro atoms. The normalized spacial score (nSPS) is 15.3. The lowest BCUT2D eigenvalue weighted by molar-refractivity contribution is 0.965. The van der Waals surface area contributed by atoms with Gasteiger partial charge in [-0.1, -0.05) is 17.7 Å². The van der Waals surface area contributed by atoms with Crippen LogP contribution in [-0.2, 0) is 0 Å². The van der Waals surface area contributed by atoms with E-state index in [1.54, 1.807) is 17.8 Å². The molecular formula is C11H11ClN2S. The number of benzene rings is 1. The monoisotopic (exact) mass is 238 g/mol. The quantitative estimate of drug-likeness (QED) is 0.735. The summed E-state index contributed by atoms with van der Waals surface area (Å²) >= 11 is 7.50. The molecule has 1 aliphatic heterocycles. The van der Waals surface area contributed by atoms with E-state index in [1.165, 1.54) is 4.90 Å². The predicted molar refractivity (Wildman–Crippen MR) is 68.0 cm³/mol. The number of nitrogens with zero attached hydrogens (tertiary/aromatic N) is 2. The van der Waals surface area contributed by atoms with Crippen LogP contribution in [0.25, 0.3) is 0 Å². The van der Waals surface area contributed by atoms with Crippen LogP contribution in [0, 0.1) is 0 Å². The Morgan fingerprint density at radius 3 is 3.00 bits per heavy atom. The number of thioether (sulfide) groups is 1. The second kappa shape index (κ2) is 4.73. The van der Waals surface area contributed by atoms with Crippen LogP contribution >= 0.6 is 23.4 Å². The van der Waals surface area contributed by atoms with Gasteiger partial charge in [-0.2, -0.15) is 0 Å². The van der Waals surface area contributed by atoms with Crippen molar-refractivity contribution in [1.29, 1.82) is 0 Å². The maximum Gasteiger partial charge on any atom is 0.127 e. The first-order valence-electron chi connectivity index (χ1n) is 4.58. The molecule has 0 atom stereocenters. The van der Waals surface area contributed by atoms with Crippen LogP contribution in [0.3, 0.4) is 0 Å². The van der Waals surface area contributed by atoms with Gasteiger partial charge in [0.05, 0.1) is 0 Å². The average Bonchev–Trinajstić information content (AvgIpc) is 2.30. The zero-order valence-electron chi connectivity index (χ0n) is 8.35. The van der Waals surface area contributed by atoms with Crippen LogP contribution in [-0.4, -0.2) is 18.1 Å². The fraction of sp³-hybridized carbons (Fsp3) is 0.182. The second-order valence-electron chi connectivity index (χ2n) is 3.11. The van der Waals surface area contributed by atoms with Crippen molar-refractivity contribution in [3.05, 3.63) is 36.5 Å². The summed E-state index contributed by atoms with van der Waals surface area (Å²) in [6.07, 6.45) is 5.83. The van der Waals surface area contributed by atoms with Gasteiger partial charge in [-0.25, -0.2) is 0 Å². The summed E-state index contributed by atoms with van der Waals surface area (Å²) in [6, 6.07) is 8.36. The van der Waals surface area contributed by atoms with E-state index in [4.69, 9.17) is 11.6 Å². The summed E-state index contributed by atoms with van der Waals surface area (Å²) in [7, 11) is 0. The first-order chi connectivity index (χ1) is 7.29. The predicted octanol–water partition coefficient (Wildman–Crippen LogP) is 3.34. The van der Waals surface area contributed by atoms with Crippen LogP contribution in [0.4, 0.5) is 5.69 Å². The lowest BCUT2D eigenvalue weighted by atomic mass is 10.3. The third kappa shape index (κ3) is 2.55. The number of hydrogen-bond donors (Lipinski definition) is 0. The molecule has 0 N–H and O–H groups in total. The molecule has 0 unspecified atom stereocenters. The Morgan fingerprint density at radius 2 is 2.33 bits per heavy atom. The number of allylic oxidation sites excluding steroid dienone is 1. The van der Waals surface area contributed by atoms with E-state index in [0.717, 1.165) is 5.69 Å². The minimum Gasteiger partial charge on any atom is -0.328 e. The highest BCUT2D eigenvalue weighted by Crippen LogP contribution is 2.23. The minimum absolute atomic E-state index is 0.562. The highest BCUT2D eigenvalue weighted by atomic mass is 35.5. The molecule has 1 aliphatic rings. The molecule has 2 nitrogen and oxygen atoms in total. The molecule has 0 saturated heterocycles. The first kappa shape index (κ1) is 10.6. The van der Waals surface area contributed by atoms with E-state index in [-0.39, 0.29) is 0 Å². The van der Waals surface area contributed by atoms with Gasteiger partial charge in [-0.3, -0.25) is 4.99 Å². The molecule has 0 saturated carbocycles. The SMILES string of the molecule is CSc1cccc(N2C=CC(Cl)=NC2)c1. The molecule has 1 aromatic rings. The van der Waals surface area contributed by atoms with Gasteiger partial charge in [0.15, 0.2) is 0 Å². The van der Waals surface area contributed by atoms with Crippen molar-refractivity contribution >= 4 is 34.2 Å². The summed E-state index contributed by atoms with van der Waals surface area (Å²) in [5.41, 5.74) is 1.14. The van der Waals surface area contributed by atoms with Crippen molar-refractivity contribution in [2.75, 3.05) is 17.8 Å². The molecule has 0 amide bonds. The summed E-state index contributed by atoms with van der Waals surface area (Å²) in [5.74, 6) is 0. The first-order valence-corrected chi connectivity index (χ1v) is 6.19. The summed E-state index contributed by atoms with van der Waals surface area (Å²) in [6.45, 7) is 0.590. The minimum atomic E-state index is 0.562. The Bertz CT molecular complexity index is 415. The molecule has 0 aliphatic carbocycles. The Labute approximate surface area is 98.6 Å². The molecule has 1 heterocycles. The fourth-order valence-electron chi connectivity index (χ4n) is 1.35. The van der Waals surface area contributed by atoms with Gasteiger partial charge in [0.25, 0.3) is 0 Å². The van der Waals surface area contributed by atoms with E-state index < -0.39 is 0 Å². The third-order valence-electron chi connectivity index (χ3n) is 2.15. The van der Waals surface area contributed by atoms with Gasteiger partial charge in [-0.15, -0.1) is 11.8 Å². The standard InChI is InChI=1S/C11H11ClN2S/c1-15-10-4-2-3-9(7-10)14-6-5-11(12)13-8-14/h2-7H,8H2,1H3. The van der Waals surface area contributed by atoms with Gasteiger partial charge in [-0.05, 0) is 30.5 Å². The number of rotatable bonds is 2. The van der Waals surface area contributed by atoms with Gasteiger partial charge in [0.1, 0.15) is 11.8 Å². The number of aliphatic imine (C=N–C) groups is 1. The van der Waals surface area contributed by atoms with E-state index in [2.05, 4.69) is 40.4 Å². The number of hydrogen-bond acceptors (Lipinski definition) is 3. The van der Waals surface area contributed by atoms with Crippen LogP contribution < -0.4 is 4.90 Å². The Balaban J connectivity index is 2.20. The maximum atomic E-state index is 5.76. The maximum absolute atomic E-state index is 5.76. The fourth-order valence-corrected chi connectivity index (χ4v) is 1.91. The number of anilines is 1. The lowest BCUT2D eigenvalue weighted by Crippen LogP contribution is -2.19. The van der Waals surface area contributed by atoms with Crippen LogP contribution in [0.1, 0.15) is 0 Å². The largest absolute Gasteiger partial charge is 0.328 e. The van der Waals surface area contributed by atoms with Gasteiger partial charge in [0.2, 0.25) is 0 Å². The Morgan fingerprint density at radius 1 is 1.47 bits per heavy atom. The van der Waals surface area contributed by atoms with Crippen LogP contribution in [0.15, 0.2) is 46.4 Å². The van der Waals surface area contributed by atoms with Crippen LogP contribution in [0.5, 0.6) is 0 Å². The Kier molecular flexibility index (Phi) is 3.34. The van der Waals surface area contributed by atoms with Gasteiger partial charge < -0.3 is 4.90 Å². The molecule has 0 bridgehead atoms. The average molecular weight is 239 g/mol. The molecule has 0 radical (unpaired) electrons. The topological polar surface area (TPSA) is 15.6 Å². The summed E-state index contributed by atoms with van der Waals surface area (Å²) in [5, 5.41) is 0.562. The lowest BCUT2D eigenvalue weighted by Gasteiger charge is -2.21. The molecule has 0 aromatic heterocycles. The summed E-state index contributed by atoms with van der Waals surface area (Å²) < 4.78 is 0. The summed E-state index contributed by atoms with van der Waals surface area (Å²) in [4.78, 5) is 7.47. The van der Waals surface area contributed by atoms with Crippen molar-refractivity contribution < 1.29 is 0 Å². The van der Waals surface area contributed by atoms with E-state index >= 15 is 0 Å².